The predicted molar refractivity (Wildman–Crippen MR) is 72.0 cm³/mol. The van der Waals surface area contributed by atoms with Gasteiger partial charge in [0.15, 0.2) is 0 Å². The maximum atomic E-state index is 4.56. The van der Waals surface area contributed by atoms with Crippen molar-refractivity contribution in [2.45, 2.75) is 33.4 Å². The van der Waals surface area contributed by atoms with Crippen molar-refractivity contribution < 1.29 is 0 Å². The summed E-state index contributed by atoms with van der Waals surface area (Å²) in [7, 11) is 0. The molecule has 0 radical (unpaired) electrons. The Morgan fingerprint density at radius 3 is 2.78 bits per heavy atom. The van der Waals surface area contributed by atoms with Gasteiger partial charge in [0.25, 0.3) is 0 Å². The summed E-state index contributed by atoms with van der Waals surface area (Å²) >= 11 is 0. The van der Waals surface area contributed by atoms with Crippen LogP contribution in [0.1, 0.15) is 25.4 Å². The van der Waals surface area contributed by atoms with E-state index in [2.05, 4.69) is 34.1 Å². The Kier molecular flexibility index (Phi) is 3.99. The highest BCUT2D eigenvalue weighted by Gasteiger charge is 2.05. The Morgan fingerprint density at radius 2 is 2.11 bits per heavy atom. The quantitative estimate of drug-likeness (QED) is 0.894. The lowest BCUT2D eigenvalue weighted by molar-refractivity contribution is 0.571. The third-order valence-corrected chi connectivity index (χ3v) is 2.53. The van der Waals surface area contributed by atoms with Crippen LogP contribution in [-0.4, -0.2) is 21.0 Å². The zero-order valence-corrected chi connectivity index (χ0v) is 11.0. The molecule has 0 amide bonds. The maximum Gasteiger partial charge on any atom is 0.143 e. The van der Waals surface area contributed by atoms with E-state index in [1.54, 1.807) is 6.20 Å². The van der Waals surface area contributed by atoms with E-state index in [4.69, 9.17) is 0 Å². The van der Waals surface area contributed by atoms with Crippen molar-refractivity contribution in [3.05, 3.63) is 42.1 Å². The molecule has 0 bridgehead atoms. The van der Waals surface area contributed by atoms with Crippen LogP contribution in [0.25, 0.3) is 11.3 Å². The number of aryl methyl sites for hydroxylation is 1. The molecule has 2 rings (SSSR count). The van der Waals surface area contributed by atoms with E-state index in [9.17, 15) is 0 Å². The third kappa shape index (κ3) is 3.34. The molecular formula is C14H18N4. The number of aromatic nitrogens is 3. The summed E-state index contributed by atoms with van der Waals surface area (Å²) < 4.78 is 0. The van der Waals surface area contributed by atoms with E-state index >= 15 is 0 Å². The van der Waals surface area contributed by atoms with Gasteiger partial charge >= 0.3 is 0 Å². The van der Waals surface area contributed by atoms with Crippen LogP contribution in [0.2, 0.25) is 0 Å². The first-order valence-electron chi connectivity index (χ1n) is 6.13. The van der Waals surface area contributed by atoms with Crippen LogP contribution in [0.4, 0.5) is 0 Å². The zero-order valence-electron chi connectivity index (χ0n) is 11.0. The molecule has 0 aromatic carbocycles. The van der Waals surface area contributed by atoms with Crippen molar-refractivity contribution in [2.24, 2.45) is 0 Å². The SMILES string of the molecule is Cc1cc(-c2cccnc2)nc(CNC(C)C)n1. The van der Waals surface area contributed by atoms with Gasteiger partial charge in [0.1, 0.15) is 5.82 Å². The average Bonchev–Trinajstić information content (AvgIpc) is 2.37. The van der Waals surface area contributed by atoms with Gasteiger partial charge in [-0.05, 0) is 25.1 Å². The van der Waals surface area contributed by atoms with Crippen LogP contribution in [0.5, 0.6) is 0 Å². The molecule has 0 saturated carbocycles. The van der Waals surface area contributed by atoms with Crippen LogP contribution >= 0.6 is 0 Å². The lowest BCUT2D eigenvalue weighted by atomic mass is 10.2. The number of hydrogen-bond acceptors (Lipinski definition) is 4. The summed E-state index contributed by atoms with van der Waals surface area (Å²) in [6.45, 7) is 6.89. The van der Waals surface area contributed by atoms with Gasteiger partial charge < -0.3 is 5.32 Å². The second-order valence-electron chi connectivity index (χ2n) is 4.59. The Labute approximate surface area is 108 Å². The molecule has 18 heavy (non-hydrogen) atoms. The van der Waals surface area contributed by atoms with Crippen molar-refractivity contribution in [2.75, 3.05) is 0 Å². The highest BCUT2D eigenvalue weighted by Crippen LogP contribution is 2.16. The van der Waals surface area contributed by atoms with Crippen molar-refractivity contribution in [1.82, 2.24) is 20.3 Å². The van der Waals surface area contributed by atoms with E-state index in [0.29, 0.717) is 12.6 Å². The topological polar surface area (TPSA) is 50.7 Å². The fourth-order valence-electron chi connectivity index (χ4n) is 1.67. The second kappa shape index (κ2) is 5.69. The van der Waals surface area contributed by atoms with Crippen molar-refractivity contribution in [1.29, 1.82) is 0 Å². The molecule has 2 aromatic heterocycles. The van der Waals surface area contributed by atoms with Gasteiger partial charge in [-0.25, -0.2) is 9.97 Å². The Morgan fingerprint density at radius 1 is 1.28 bits per heavy atom. The van der Waals surface area contributed by atoms with E-state index in [-0.39, 0.29) is 0 Å². The van der Waals surface area contributed by atoms with Gasteiger partial charge in [0.05, 0.1) is 12.2 Å². The Hall–Kier alpha value is -1.81. The first kappa shape index (κ1) is 12.6. The fraction of sp³-hybridized carbons (Fsp3) is 0.357. The number of rotatable bonds is 4. The van der Waals surface area contributed by atoms with Gasteiger partial charge in [-0.2, -0.15) is 0 Å². The molecule has 2 heterocycles. The largest absolute Gasteiger partial charge is 0.308 e. The van der Waals surface area contributed by atoms with Gasteiger partial charge in [-0.15, -0.1) is 0 Å². The molecule has 0 aliphatic heterocycles. The molecule has 1 N–H and O–H groups in total. The lowest BCUT2D eigenvalue weighted by Crippen LogP contribution is -2.23. The summed E-state index contributed by atoms with van der Waals surface area (Å²) in [4.78, 5) is 13.1. The molecule has 2 aromatic rings. The number of pyridine rings is 1. The molecule has 0 fully saturated rings. The summed E-state index contributed by atoms with van der Waals surface area (Å²) in [5.74, 6) is 0.822. The monoisotopic (exact) mass is 242 g/mol. The Balaban J connectivity index is 2.27. The minimum atomic E-state index is 0.427. The van der Waals surface area contributed by atoms with Gasteiger partial charge in [0, 0.05) is 29.7 Å². The number of nitrogens with zero attached hydrogens (tertiary/aromatic N) is 3. The number of hydrogen-bond donors (Lipinski definition) is 1. The second-order valence-corrected chi connectivity index (χ2v) is 4.59. The van der Waals surface area contributed by atoms with Crippen LogP contribution in [0.15, 0.2) is 30.6 Å². The van der Waals surface area contributed by atoms with Crippen LogP contribution in [0.3, 0.4) is 0 Å². The molecule has 4 nitrogen and oxygen atoms in total. The molecular weight excluding hydrogens is 224 g/mol. The smallest absolute Gasteiger partial charge is 0.143 e. The molecule has 0 spiro atoms. The highest BCUT2D eigenvalue weighted by molar-refractivity contribution is 5.57. The molecule has 0 atom stereocenters. The first-order valence-corrected chi connectivity index (χ1v) is 6.13. The predicted octanol–water partition coefficient (Wildman–Crippen LogP) is 2.35. The van der Waals surface area contributed by atoms with E-state index in [1.165, 1.54) is 0 Å². The van der Waals surface area contributed by atoms with Gasteiger partial charge in [-0.3, -0.25) is 4.98 Å². The molecule has 0 saturated heterocycles. The summed E-state index contributed by atoms with van der Waals surface area (Å²) in [5.41, 5.74) is 2.93. The van der Waals surface area contributed by atoms with Crippen LogP contribution in [-0.2, 0) is 6.54 Å². The zero-order chi connectivity index (χ0) is 13.0. The molecule has 94 valence electrons. The summed E-state index contributed by atoms with van der Waals surface area (Å²) in [6, 6.07) is 6.33. The summed E-state index contributed by atoms with van der Waals surface area (Å²) in [5, 5.41) is 3.33. The van der Waals surface area contributed by atoms with Crippen LogP contribution in [0, 0.1) is 6.92 Å². The standard InChI is InChI=1S/C14H18N4/c1-10(2)16-9-14-17-11(3)7-13(18-14)12-5-4-6-15-8-12/h4-8,10,16H,9H2,1-3H3. The summed E-state index contributed by atoms with van der Waals surface area (Å²) in [6.07, 6.45) is 3.58. The number of nitrogens with one attached hydrogen (secondary N) is 1. The lowest BCUT2D eigenvalue weighted by Gasteiger charge is -2.09. The molecule has 0 unspecified atom stereocenters. The fourth-order valence-corrected chi connectivity index (χ4v) is 1.67. The molecule has 0 aliphatic carbocycles. The van der Waals surface area contributed by atoms with E-state index in [0.717, 1.165) is 22.8 Å². The first-order chi connectivity index (χ1) is 8.65. The average molecular weight is 242 g/mol. The Bertz CT molecular complexity index is 508. The van der Waals surface area contributed by atoms with Gasteiger partial charge in [-0.1, -0.05) is 13.8 Å². The highest BCUT2D eigenvalue weighted by atomic mass is 15.0. The molecule has 0 aliphatic rings. The van der Waals surface area contributed by atoms with Gasteiger partial charge in [0.2, 0.25) is 0 Å². The van der Waals surface area contributed by atoms with Crippen molar-refractivity contribution >= 4 is 0 Å². The minimum Gasteiger partial charge on any atom is -0.308 e. The minimum absolute atomic E-state index is 0.427. The van der Waals surface area contributed by atoms with Crippen molar-refractivity contribution in [3.8, 4) is 11.3 Å². The molecule has 4 heteroatoms. The van der Waals surface area contributed by atoms with E-state index < -0.39 is 0 Å². The maximum absolute atomic E-state index is 4.56. The van der Waals surface area contributed by atoms with E-state index in [1.807, 2.05) is 31.3 Å². The van der Waals surface area contributed by atoms with Crippen LogP contribution < -0.4 is 5.32 Å². The van der Waals surface area contributed by atoms with Crippen molar-refractivity contribution in [3.63, 3.8) is 0 Å². The third-order valence-electron chi connectivity index (χ3n) is 2.53. The normalized spacial score (nSPS) is 10.9.